The van der Waals surface area contributed by atoms with Crippen LogP contribution in [0.15, 0.2) is 60.7 Å². The Bertz CT molecular complexity index is 1010. The summed E-state index contributed by atoms with van der Waals surface area (Å²) in [6, 6.07) is 18.2. The summed E-state index contributed by atoms with van der Waals surface area (Å²) in [5.41, 5.74) is 3.12. The van der Waals surface area contributed by atoms with Crippen molar-refractivity contribution < 1.29 is 9.18 Å². The second-order valence-electron chi connectivity index (χ2n) is 7.36. The highest BCUT2D eigenvalue weighted by molar-refractivity contribution is 5.79. The smallest absolute Gasteiger partial charge is 0.224 e. The molecular formula is C23H23FN4O. The number of halogens is 1. The zero-order chi connectivity index (χ0) is 20.2. The van der Waals surface area contributed by atoms with Crippen molar-refractivity contribution in [3.63, 3.8) is 0 Å². The predicted molar refractivity (Wildman–Crippen MR) is 111 cm³/mol. The maximum atomic E-state index is 13.9. The molecule has 3 aromatic rings. The van der Waals surface area contributed by atoms with Crippen LogP contribution in [-0.2, 0) is 11.2 Å². The van der Waals surface area contributed by atoms with E-state index in [1.807, 2.05) is 37.3 Å². The molecule has 0 radical (unpaired) electrons. The molecule has 1 aliphatic heterocycles. The lowest BCUT2D eigenvalue weighted by atomic mass is 10.1. The van der Waals surface area contributed by atoms with Gasteiger partial charge in [-0.1, -0.05) is 36.4 Å². The minimum absolute atomic E-state index is 0.0344. The number of nitrogens with one attached hydrogen (secondary N) is 1. The van der Waals surface area contributed by atoms with Crippen LogP contribution in [0.1, 0.15) is 17.5 Å². The number of amides is 1. The molecule has 2 aromatic carbocycles. The van der Waals surface area contributed by atoms with Crippen molar-refractivity contribution in [1.82, 2.24) is 15.5 Å². The molecule has 148 valence electrons. The van der Waals surface area contributed by atoms with Gasteiger partial charge >= 0.3 is 0 Å². The molecule has 0 aliphatic carbocycles. The Morgan fingerprint density at radius 3 is 2.66 bits per heavy atom. The predicted octanol–water partition coefficient (Wildman–Crippen LogP) is 3.53. The summed E-state index contributed by atoms with van der Waals surface area (Å²) < 4.78 is 13.9. The molecule has 2 heterocycles. The van der Waals surface area contributed by atoms with E-state index in [1.54, 1.807) is 24.3 Å². The number of anilines is 1. The lowest BCUT2D eigenvalue weighted by Gasteiger charge is -2.18. The van der Waals surface area contributed by atoms with Crippen LogP contribution in [-0.4, -0.2) is 35.2 Å². The van der Waals surface area contributed by atoms with Gasteiger partial charge in [-0.3, -0.25) is 4.79 Å². The first-order valence-electron chi connectivity index (χ1n) is 9.77. The largest absolute Gasteiger partial charge is 0.353 e. The van der Waals surface area contributed by atoms with Crippen LogP contribution in [0, 0.1) is 12.7 Å². The summed E-state index contributed by atoms with van der Waals surface area (Å²) in [5, 5.41) is 11.6. The molecule has 29 heavy (non-hydrogen) atoms. The minimum atomic E-state index is -0.313. The number of hydrogen-bond acceptors (Lipinski definition) is 4. The molecule has 0 saturated carbocycles. The van der Waals surface area contributed by atoms with Crippen LogP contribution in [0.5, 0.6) is 0 Å². The number of hydrogen-bond donors (Lipinski definition) is 1. The van der Waals surface area contributed by atoms with Gasteiger partial charge in [0, 0.05) is 24.7 Å². The monoisotopic (exact) mass is 390 g/mol. The molecule has 0 bridgehead atoms. The van der Waals surface area contributed by atoms with Gasteiger partial charge in [-0.05, 0) is 48.7 Å². The summed E-state index contributed by atoms with van der Waals surface area (Å²) in [6.45, 7) is 3.50. The number of rotatable bonds is 5. The van der Waals surface area contributed by atoms with Gasteiger partial charge in [0.1, 0.15) is 5.82 Å². The fraction of sp³-hybridized carbons (Fsp3) is 0.261. The van der Waals surface area contributed by atoms with Crippen LogP contribution in [0.4, 0.5) is 10.2 Å². The average Bonchev–Trinajstić information content (AvgIpc) is 3.19. The zero-order valence-corrected chi connectivity index (χ0v) is 16.3. The number of nitrogens with zero attached hydrogens (tertiary/aromatic N) is 3. The molecule has 1 N–H and O–H groups in total. The second-order valence-corrected chi connectivity index (χ2v) is 7.36. The molecule has 1 fully saturated rings. The Morgan fingerprint density at radius 2 is 1.90 bits per heavy atom. The molecule has 0 unspecified atom stereocenters. The highest BCUT2D eigenvalue weighted by Crippen LogP contribution is 2.23. The number of benzene rings is 2. The molecule has 5 nitrogen and oxygen atoms in total. The summed E-state index contributed by atoms with van der Waals surface area (Å²) in [4.78, 5) is 14.5. The van der Waals surface area contributed by atoms with Gasteiger partial charge in [0.05, 0.1) is 12.1 Å². The minimum Gasteiger partial charge on any atom is -0.353 e. The number of carbonyl (C=O) groups excluding carboxylic acids is 1. The molecule has 4 rings (SSSR count). The standard InChI is InChI=1S/C23H23FN4O/c1-16-6-2-3-7-17(16)14-23(29)25-18-12-13-28(15-18)22-11-10-21(26-27-22)19-8-4-5-9-20(19)24/h2-11,18H,12-15H2,1H3,(H,25,29)/t18-/m0/s1. The third kappa shape index (κ3) is 4.42. The van der Waals surface area contributed by atoms with E-state index in [4.69, 9.17) is 0 Å². The van der Waals surface area contributed by atoms with Crippen LogP contribution >= 0.6 is 0 Å². The van der Waals surface area contributed by atoms with Gasteiger partial charge in [-0.2, -0.15) is 0 Å². The van der Waals surface area contributed by atoms with Crippen molar-refractivity contribution in [3.05, 3.63) is 77.6 Å². The Hall–Kier alpha value is -3.28. The normalized spacial score (nSPS) is 16.1. The van der Waals surface area contributed by atoms with Gasteiger partial charge in [0.15, 0.2) is 5.82 Å². The van der Waals surface area contributed by atoms with E-state index in [0.29, 0.717) is 24.2 Å². The topological polar surface area (TPSA) is 58.1 Å². The fourth-order valence-electron chi connectivity index (χ4n) is 3.65. The molecule has 1 saturated heterocycles. The third-order valence-corrected chi connectivity index (χ3v) is 5.29. The third-order valence-electron chi connectivity index (χ3n) is 5.29. The summed E-state index contributed by atoms with van der Waals surface area (Å²) in [5.74, 6) is 0.458. The zero-order valence-electron chi connectivity index (χ0n) is 16.3. The van der Waals surface area contributed by atoms with E-state index in [2.05, 4.69) is 20.4 Å². The summed E-state index contributed by atoms with van der Waals surface area (Å²) in [7, 11) is 0. The maximum absolute atomic E-state index is 13.9. The highest BCUT2D eigenvalue weighted by Gasteiger charge is 2.25. The molecule has 1 aliphatic rings. The van der Waals surface area contributed by atoms with Crippen molar-refractivity contribution in [3.8, 4) is 11.3 Å². The first-order chi connectivity index (χ1) is 14.1. The summed E-state index contributed by atoms with van der Waals surface area (Å²) >= 11 is 0. The second kappa shape index (κ2) is 8.39. The van der Waals surface area contributed by atoms with Crippen molar-refractivity contribution in [2.75, 3.05) is 18.0 Å². The van der Waals surface area contributed by atoms with E-state index in [0.717, 1.165) is 29.9 Å². The maximum Gasteiger partial charge on any atom is 0.224 e. The Labute approximate surface area is 169 Å². The Kier molecular flexibility index (Phi) is 5.51. The van der Waals surface area contributed by atoms with Crippen LogP contribution in [0.3, 0.4) is 0 Å². The molecule has 1 amide bonds. The lowest BCUT2D eigenvalue weighted by molar-refractivity contribution is -0.121. The lowest BCUT2D eigenvalue weighted by Crippen LogP contribution is -2.38. The van der Waals surface area contributed by atoms with Gasteiger partial charge in [-0.25, -0.2) is 4.39 Å². The van der Waals surface area contributed by atoms with Gasteiger partial charge in [0.2, 0.25) is 5.91 Å². The van der Waals surface area contributed by atoms with Crippen molar-refractivity contribution in [1.29, 1.82) is 0 Å². The number of aryl methyl sites for hydroxylation is 1. The molecule has 1 atom stereocenters. The molecule has 1 aromatic heterocycles. The number of carbonyl (C=O) groups is 1. The molecular weight excluding hydrogens is 367 g/mol. The quantitative estimate of drug-likeness (QED) is 0.724. The van der Waals surface area contributed by atoms with Gasteiger partial charge in [0.25, 0.3) is 0 Å². The average molecular weight is 390 g/mol. The Morgan fingerprint density at radius 1 is 1.10 bits per heavy atom. The van der Waals surface area contributed by atoms with E-state index in [-0.39, 0.29) is 17.8 Å². The highest BCUT2D eigenvalue weighted by atomic mass is 19.1. The summed E-state index contributed by atoms with van der Waals surface area (Å²) in [6.07, 6.45) is 1.25. The van der Waals surface area contributed by atoms with Gasteiger partial charge in [-0.15, -0.1) is 10.2 Å². The Balaban J connectivity index is 1.35. The van der Waals surface area contributed by atoms with E-state index in [1.165, 1.54) is 6.07 Å². The first kappa shape index (κ1) is 19.1. The molecule has 6 heteroatoms. The molecule has 0 spiro atoms. The van der Waals surface area contributed by atoms with Crippen LogP contribution in [0.25, 0.3) is 11.3 Å². The van der Waals surface area contributed by atoms with Crippen LogP contribution < -0.4 is 10.2 Å². The van der Waals surface area contributed by atoms with Crippen molar-refractivity contribution in [2.24, 2.45) is 0 Å². The first-order valence-corrected chi connectivity index (χ1v) is 9.77. The van der Waals surface area contributed by atoms with Crippen LogP contribution in [0.2, 0.25) is 0 Å². The van der Waals surface area contributed by atoms with E-state index in [9.17, 15) is 9.18 Å². The number of aromatic nitrogens is 2. The SMILES string of the molecule is Cc1ccccc1CC(=O)N[C@H]1CCN(c2ccc(-c3ccccc3F)nn2)C1. The van der Waals surface area contributed by atoms with E-state index >= 15 is 0 Å². The van der Waals surface area contributed by atoms with Crippen molar-refractivity contribution >= 4 is 11.7 Å². The van der Waals surface area contributed by atoms with Crippen molar-refractivity contribution in [2.45, 2.75) is 25.8 Å². The van der Waals surface area contributed by atoms with Gasteiger partial charge < -0.3 is 10.2 Å². The fourth-order valence-corrected chi connectivity index (χ4v) is 3.65. The van der Waals surface area contributed by atoms with E-state index < -0.39 is 0 Å².